The van der Waals surface area contributed by atoms with Crippen molar-refractivity contribution in [2.75, 3.05) is 0 Å². The van der Waals surface area contributed by atoms with Crippen LogP contribution in [0.5, 0.6) is 0 Å². The minimum absolute atomic E-state index is 0.394. The molecule has 3 rings (SSSR count). The molecule has 3 fully saturated rings. The van der Waals surface area contributed by atoms with Crippen molar-refractivity contribution in [1.82, 2.24) is 0 Å². The third-order valence-corrected chi connectivity index (χ3v) is 11.1. The van der Waals surface area contributed by atoms with Gasteiger partial charge in [-0.3, -0.25) is 0 Å². The van der Waals surface area contributed by atoms with Crippen molar-refractivity contribution in [3.05, 3.63) is 24.3 Å². The molecule has 0 aromatic carbocycles. The molecule has 3 aliphatic carbocycles. The smallest absolute Gasteiger partial charge is 0.0208 e. The predicted molar refractivity (Wildman–Crippen MR) is 120 cm³/mol. The number of hydrogen-bond acceptors (Lipinski definition) is 0. The zero-order valence-corrected chi connectivity index (χ0v) is 19.6. The van der Waals surface area contributed by atoms with E-state index in [9.17, 15) is 0 Å². The molecule has 3 aliphatic rings. The summed E-state index contributed by atoms with van der Waals surface area (Å²) in [5.74, 6) is 0.859. The van der Waals surface area contributed by atoms with Gasteiger partial charge in [-0.2, -0.15) is 0 Å². The maximum Gasteiger partial charge on any atom is -0.0208 e. The highest BCUT2D eigenvalue weighted by atomic mass is 14.7. The maximum absolute atomic E-state index is 4.38. The first kappa shape index (κ1) is 21.2. The highest BCUT2D eigenvalue weighted by molar-refractivity contribution is 5.22. The Morgan fingerprint density at radius 3 is 2.26 bits per heavy atom. The van der Waals surface area contributed by atoms with Gasteiger partial charge in [0, 0.05) is 0 Å². The Morgan fingerprint density at radius 2 is 1.63 bits per heavy atom. The predicted octanol–water partition coefficient (Wildman–Crippen LogP) is 8.73. The van der Waals surface area contributed by atoms with E-state index in [0.717, 1.165) is 5.92 Å². The molecule has 0 saturated heterocycles. The molecule has 0 bridgehead atoms. The van der Waals surface area contributed by atoms with Gasteiger partial charge in [0.25, 0.3) is 0 Å². The fourth-order valence-corrected chi connectivity index (χ4v) is 8.22. The molecular weight excluding hydrogens is 324 g/mol. The Morgan fingerprint density at radius 1 is 0.963 bits per heavy atom. The van der Waals surface area contributed by atoms with Crippen molar-refractivity contribution in [3.63, 3.8) is 0 Å². The summed E-state index contributed by atoms with van der Waals surface area (Å²) in [6, 6.07) is 0. The van der Waals surface area contributed by atoms with Crippen LogP contribution in [0.2, 0.25) is 0 Å². The van der Waals surface area contributed by atoms with Gasteiger partial charge in [0.2, 0.25) is 0 Å². The van der Waals surface area contributed by atoms with Crippen molar-refractivity contribution in [1.29, 1.82) is 0 Å². The number of hydrogen-bond donors (Lipinski definition) is 0. The monoisotopic (exact) mass is 370 g/mol. The summed E-state index contributed by atoms with van der Waals surface area (Å²) in [4.78, 5) is 0. The van der Waals surface area contributed by atoms with E-state index in [1.54, 1.807) is 0 Å². The van der Waals surface area contributed by atoms with Gasteiger partial charge in [0.1, 0.15) is 0 Å². The SMILES string of the molecule is C=C(C)CCCC1(C)C(C)(C)CCC2(C)C3(C)CCC(=C)CC3CCC12C. The van der Waals surface area contributed by atoms with Crippen LogP contribution in [0.3, 0.4) is 0 Å². The summed E-state index contributed by atoms with van der Waals surface area (Å²) in [7, 11) is 0. The van der Waals surface area contributed by atoms with E-state index in [1.165, 1.54) is 75.4 Å². The molecule has 0 N–H and O–H groups in total. The first-order chi connectivity index (χ1) is 12.3. The van der Waals surface area contributed by atoms with E-state index in [0.29, 0.717) is 27.1 Å². The molecule has 0 nitrogen and oxygen atoms in total. The van der Waals surface area contributed by atoms with Gasteiger partial charge in [-0.15, -0.1) is 6.58 Å². The van der Waals surface area contributed by atoms with Gasteiger partial charge in [-0.25, -0.2) is 0 Å². The molecule has 0 amide bonds. The van der Waals surface area contributed by atoms with Crippen molar-refractivity contribution < 1.29 is 0 Å². The molecule has 3 saturated carbocycles. The average Bonchev–Trinajstić information content (AvgIpc) is 2.57. The third-order valence-electron chi connectivity index (χ3n) is 11.1. The Kier molecular flexibility index (Phi) is 5.10. The Labute approximate surface area is 170 Å². The van der Waals surface area contributed by atoms with Gasteiger partial charge in [-0.05, 0) is 104 Å². The van der Waals surface area contributed by atoms with Crippen molar-refractivity contribution in [2.45, 2.75) is 113 Å². The highest BCUT2D eigenvalue weighted by Gasteiger charge is 2.70. The molecule has 0 aromatic heterocycles. The normalized spacial score (nSPS) is 46.5. The highest BCUT2D eigenvalue weighted by Crippen LogP contribution is 2.78. The van der Waals surface area contributed by atoms with Crippen LogP contribution in [0.15, 0.2) is 24.3 Å². The van der Waals surface area contributed by atoms with Gasteiger partial charge in [-0.1, -0.05) is 59.3 Å². The molecule has 0 aliphatic heterocycles. The van der Waals surface area contributed by atoms with E-state index < -0.39 is 0 Å². The zero-order valence-electron chi connectivity index (χ0n) is 19.6. The second-order valence-corrected chi connectivity index (χ2v) is 12.3. The molecule has 0 spiro atoms. The third kappa shape index (κ3) is 2.75. The van der Waals surface area contributed by atoms with E-state index in [-0.39, 0.29) is 0 Å². The molecule has 27 heavy (non-hydrogen) atoms. The van der Waals surface area contributed by atoms with Crippen LogP contribution < -0.4 is 0 Å². The minimum Gasteiger partial charge on any atom is -0.100 e. The Bertz CT molecular complexity index is 624. The molecular formula is C27H46. The van der Waals surface area contributed by atoms with Crippen LogP contribution in [0.1, 0.15) is 113 Å². The van der Waals surface area contributed by atoms with Crippen molar-refractivity contribution in [3.8, 4) is 0 Å². The Hall–Kier alpha value is -0.520. The molecule has 0 heterocycles. The molecule has 0 aromatic rings. The van der Waals surface area contributed by atoms with Crippen molar-refractivity contribution >= 4 is 0 Å². The largest absolute Gasteiger partial charge is 0.100 e. The maximum atomic E-state index is 4.38. The molecule has 5 unspecified atom stereocenters. The van der Waals surface area contributed by atoms with E-state index in [1.807, 2.05) is 0 Å². The minimum atomic E-state index is 0.394. The van der Waals surface area contributed by atoms with Crippen molar-refractivity contribution in [2.24, 2.45) is 33.0 Å². The summed E-state index contributed by atoms with van der Waals surface area (Å²) in [5.41, 5.74) is 5.01. The zero-order chi connectivity index (χ0) is 20.3. The average molecular weight is 371 g/mol. The second-order valence-electron chi connectivity index (χ2n) is 12.3. The fraction of sp³-hybridized carbons (Fsp3) is 0.852. The van der Waals surface area contributed by atoms with E-state index in [4.69, 9.17) is 0 Å². The molecule has 0 radical (unpaired) electrons. The lowest BCUT2D eigenvalue weighted by atomic mass is 9.29. The van der Waals surface area contributed by atoms with Crippen LogP contribution in [0.25, 0.3) is 0 Å². The van der Waals surface area contributed by atoms with Crippen LogP contribution in [0, 0.1) is 33.0 Å². The van der Waals surface area contributed by atoms with E-state index in [2.05, 4.69) is 61.6 Å². The number of allylic oxidation sites excluding steroid dienone is 2. The van der Waals surface area contributed by atoms with Crippen LogP contribution in [0.4, 0.5) is 0 Å². The van der Waals surface area contributed by atoms with Gasteiger partial charge in [0.05, 0.1) is 0 Å². The number of fused-ring (bicyclic) bond motifs is 3. The molecule has 154 valence electrons. The summed E-state index contributed by atoms with van der Waals surface area (Å²) in [6.07, 6.45) is 13.4. The lowest BCUT2D eigenvalue weighted by Gasteiger charge is -2.75. The summed E-state index contributed by atoms with van der Waals surface area (Å²) >= 11 is 0. The fourth-order valence-electron chi connectivity index (χ4n) is 8.22. The van der Waals surface area contributed by atoms with E-state index >= 15 is 0 Å². The van der Waals surface area contributed by atoms with Gasteiger partial charge < -0.3 is 0 Å². The second kappa shape index (κ2) is 6.50. The van der Waals surface area contributed by atoms with Gasteiger partial charge in [0.15, 0.2) is 0 Å². The summed E-state index contributed by atoms with van der Waals surface area (Å²) in [5, 5.41) is 0. The van der Waals surface area contributed by atoms with Crippen LogP contribution >= 0.6 is 0 Å². The lowest BCUT2D eigenvalue weighted by molar-refractivity contribution is -0.262. The first-order valence-corrected chi connectivity index (χ1v) is 11.6. The topological polar surface area (TPSA) is 0 Å². The van der Waals surface area contributed by atoms with Crippen LogP contribution in [-0.4, -0.2) is 0 Å². The quantitative estimate of drug-likeness (QED) is 0.434. The summed E-state index contributed by atoms with van der Waals surface area (Å²) in [6.45, 7) is 26.7. The standard InChI is InChI=1S/C27H46/c1-20(2)11-10-14-25(7)23(4,5)17-18-26(8)24(6)15-12-21(3)19-22(24)13-16-27(25,26)9/h22H,1,3,10-19H2,2,4-9H3. The number of rotatable bonds is 4. The molecule has 5 atom stereocenters. The van der Waals surface area contributed by atoms with Crippen LogP contribution in [-0.2, 0) is 0 Å². The first-order valence-electron chi connectivity index (χ1n) is 11.6. The lowest BCUT2D eigenvalue weighted by Crippen LogP contribution is -2.68. The van der Waals surface area contributed by atoms with Gasteiger partial charge >= 0.3 is 0 Å². The molecule has 0 heteroatoms. The Balaban J connectivity index is 2.03. The summed E-state index contributed by atoms with van der Waals surface area (Å²) < 4.78 is 0.